The molecule has 0 aliphatic carbocycles. The van der Waals surface area contributed by atoms with Crippen LogP contribution in [0.5, 0.6) is 0 Å². The van der Waals surface area contributed by atoms with Crippen LogP contribution in [0.3, 0.4) is 0 Å². The molecule has 3 heterocycles. The molecule has 1 aliphatic rings. The predicted octanol–water partition coefficient (Wildman–Crippen LogP) is 5.28. The smallest absolute Gasteiger partial charge is 0.234 e. The summed E-state index contributed by atoms with van der Waals surface area (Å²) in [5, 5.41) is 12.6. The van der Waals surface area contributed by atoms with Crippen LogP contribution in [0.25, 0.3) is 17.1 Å². The van der Waals surface area contributed by atoms with E-state index >= 15 is 0 Å². The second-order valence-corrected chi connectivity index (χ2v) is 9.64. The first-order valence-corrected chi connectivity index (χ1v) is 12.8. The highest BCUT2D eigenvalue weighted by Gasteiger charge is 2.19. The predicted molar refractivity (Wildman–Crippen MR) is 141 cm³/mol. The van der Waals surface area contributed by atoms with Gasteiger partial charge in [-0.05, 0) is 74.2 Å². The molecule has 178 valence electrons. The summed E-state index contributed by atoms with van der Waals surface area (Å²) in [5.74, 6) is 0.850. The van der Waals surface area contributed by atoms with E-state index in [2.05, 4.69) is 50.5 Å². The minimum absolute atomic E-state index is 0.0747. The molecule has 2 aromatic heterocycles. The quantitative estimate of drug-likeness (QED) is 0.360. The molecular formula is C27H28N6OS. The van der Waals surface area contributed by atoms with Gasteiger partial charge < -0.3 is 10.2 Å². The van der Waals surface area contributed by atoms with Crippen molar-refractivity contribution in [3.63, 3.8) is 0 Å². The third kappa shape index (κ3) is 5.07. The summed E-state index contributed by atoms with van der Waals surface area (Å²) in [6.07, 6.45) is 5.99. The number of hydrogen-bond donors (Lipinski definition) is 1. The molecule has 1 amide bonds. The molecule has 8 heteroatoms. The van der Waals surface area contributed by atoms with Crippen LogP contribution in [0, 0.1) is 13.8 Å². The molecule has 0 radical (unpaired) electrons. The van der Waals surface area contributed by atoms with Gasteiger partial charge in [0.15, 0.2) is 11.0 Å². The number of para-hydroxylation sites is 1. The van der Waals surface area contributed by atoms with E-state index in [1.165, 1.54) is 30.3 Å². The molecule has 2 aromatic carbocycles. The minimum atomic E-state index is -0.0747. The number of rotatable bonds is 7. The summed E-state index contributed by atoms with van der Waals surface area (Å²) in [7, 11) is 0. The molecular weight excluding hydrogens is 456 g/mol. The lowest BCUT2D eigenvalue weighted by Crippen LogP contribution is -2.18. The fourth-order valence-electron chi connectivity index (χ4n) is 4.35. The Morgan fingerprint density at radius 1 is 1.00 bits per heavy atom. The van der Waals surface area contributed by atoms with Crippen molar-refractivity contribution in [1.82, 2.24) is 19.7 Å². The first kappa shape index (κ1) is 23.1. The van der Waals surface area contributed by atoms with Crippen LogP contribution < -0.4 is 10.2 Å². The monoisotopic (exact) mass is 484 g/mol. The van der Waals surface area contributed by atoms with E-state index in [1.54, 1.807) is 12.4 Å². The number of aryl methyl sites for hydroxylation is 2. The summed E-state index contributed by atoms with van der Waals surface area (Å²) in [6, 6.07) is 18.2. The lowest BCUT2D eigenvalue weighted by atomic mass is 10.1. The van der Waals surface area contributed by atoms with Crippen molar-refractivity contribution in [2.24, 2.45) is 0 Å². The zero-order chi connectivity index (χ0) is 24.2. The number of anilines is 2. The average Bonchev–Trinajstić information content (AvgIpc) is 3.55. The van der Waals surface area contributed by atoms with Crippen LogP contribution >= 0.6 is 11.8 Å². The highest BCUT2D eigenvalue weighted by Crippen LogP contribution is 2.30. The second-order valence-electron chi connectivity index (χ2n) is 8.70. The Morgan fingerprint density at radius 3 is 2.57 bits per heavy atom. The van der Waals surface area contributed by atoms with Crippen LogP contribution in [-0.4, -0.2) is 44.5 Å². The Bertz CT molecular complexity index is 1330. The van der Waals surface area contributed by atoms with E-state index in [-0.39, 0.29) is 11.7 Å². The van der Waals surface area contributed by atoms with Crippen molar-refractivity contribution in [1.29, 1.82) is 0 Å². The van der Waals surface area contributed by atoms with Gasteiger partial charge in [0.05, 0.1) is 11.4 Å². The molecule has 4 aromatic rings. The van der Waals surface area contributed by atoms with E-state index < -0.39 is 0 Å². The zero-order valence-corrected chi connectivity index (χ0v) is 20.8. The van der Waals surface area contributed by atoms with Crippen molar-refractivity contribution >= 4 is 29.0 Å². The van der Waals surface area contributed by atoms with Gasteiger partial charge in [0.25, 0.3) is 0 Å². The summed E-state index contributed by atoms with van der Waals surface area (Å²) in [6.45, 7) is 6.30. The number of benzene rings is 2. The Labute approximate surface area is 209 Å². The molecule has 0 spiro atoms. The van der Waals surface area contributed by atoms with E-state index in [4.69, 9.17) is 0 Å². The third-order valence-corrected chi connectivity index (χ3v) is 7.13. The Morgan fingerprint density at radius 2 is 1.83 bits per heavy atom. The molecule has 7 nitrogen and oxygen atoms in total. The van der Waals surface area contributed by atoms with Gasteiger partial charge in [-0.25, -0.2) is 0 Å². The maximum absolute atomic E-state index is 12.9. The number of carbonyl (C=O) groups excluding carboxylic acids is 1. The van der Waals surface area contributed by atoms with E-state index in [0.29, 0.717) is 11.0 Å². The van der Waals surface area contributed by atoms with Crippen LogP contribution in [0.2, 0.25) is 0 Å². The first-order chi connectivity index (χ1) is 17.1. The molecule has 0 atom stereocenters. The molecule has 1 saturated heterocycles. The third-order valence-electron chi connectivity index (χ3n) is 6.20. The fraction of sp³-hybridized carbons (Fsp3) is 0.259. The Balaban J connectivity index is 1.34. The number of hydrogen-bond acceptors (Lipinski definition) is 6. The standard InChI is InChI=1S/C27H28N6OS/c1-19-8-3-4-10-24(19)33-26(21-9-7-13-28-17-21)30-31-27(33)35-18-25(34)29-23-12-11-22(16-20(23)2)32-14-5-6-15-32/h3-4,7-13,16-17H,5-6,14-15,18H2,1-2H3,(H,29,34). The summed E-state index contributed by atoms with van der Waals surface area (Å²) in [4.78, 5) is 19.5. The second kappa shape index (κ2) is 10.3. The number of carbonyl (C=O) groups is 1. The van der Waals surface area contributed by atoms with Gasteiger partial charge >= 0.3 is 0 Å². The maximum atomic E-state index is 12.9. The van der Waals surface area contributed by atoms with Crippen molar-refractivity contribution in [3.05, 3.63) is 78.1 Å². The largest absolute Gasteiger partial charge is 0.372 e. The van der Waals surface area contributed by atoms with Crippen LogP contribution in [0.1, 0.15) is 24.0 Å². The Hall–Kier alpha value is -3.65. The van der Waals surface area contributed by atoms with Crippen LogP contribution in [0.4, 0.5) is 11.4 Å². The molecule has 0 bridgehead atoms. The van der Waals surface area contributed by atoms with Gasteiger partial charge in [-0.15, -0.1) is 10.2 Å². The van der Waals surface area contributed by atoms with Crippen LogP contribution in [0.15, 0.2) is 72.1 Å². The first-order valence-electron chi connectivity index (χ1n) is 11.8. The number of amides is 1. The lowest BCUT2D eigenvalue weighted by Gasteiger charge is -2.19. The van der Waals surface area contributed by atoms with E-state index in [9.17, 15) is 4.79 Å². The average molecular weight is 485 g/mol. The number of nitrogens with one attached hydrogen (secondary N) is 1. The highest BCUT2D eigenvalue weighted by molar-refractivity contribution is 7.99. The number of thioether (sulfide) groups is 1. The molecule has 0 saturated carbocycles. The highest BCUT2D eigenvalue weighted by atomic mass is 32.2. The van der Waals surface area contributed by atoms with Gasteiger partial charge in [0.2, 0.25) is 5.91 Å². The SMILES string of the molecule is Cc1cc(N2CCCC2)ccc1NC(=O)CSc1nnc(-c2cccnc2)n1-c1ccccc1C. The summed E-state index contributed by atoms with van der Waals surface area (Å²) < 4.78 is 2.00. The molecule has 5 rings (SSSR count). The van der Waals surface area contributed by atoms with Gasteiger partial charge in [-0.3, -0.25) is 14.3 Å². The van der Waals surface area contributed by atoms with Gasteiger partial charge in [0.1, 0.15) is 0 Å². The zero-order valence-electron chi connectivity index (χ0n) is 19.9. The van der Waals surface area contributed by atoms with Crippen LogP contribution in [-0.2, 0) is 4.79 Å². The molecule has 35 heavy (non-hydrogen) atoms. The molecule has 1 aliphatic heterocycles. The molecule has 0 unspecified atom stereocenters. The van der Waals surface area contributed by atoms with Crippen molar-refractivity contribution in [3.8, 4) is 17.1 Å². The topological polar surface area (TPSA) is 75.9 Å². The van der Waals surface area contributed by atoms with Gasteiger partial charge in [-0.2, -0.15) is 0 Å². The van der Waals surface area contributed by atoms with Gasteiger partial charge in [0, 0.05) is 42.4 Å². The van der Waals surface area contributed by atoms with Crippen molar-refractivity contribution < 1.29 is 4.79 Å². The summed E-state index contributed by atoms with van der Waals surface area (Å²) in [5.41, 5.74) is 6.07. The molecule has 1 fully saturated rings. The van der Waals surface area contributed by atoms with Gasteiger partial charge in [-0.1, -0.05) is 30.0 Å². The maximum Gasteiger partial charge on any atom is 0.234 e. The Kier molecular flexibility index (Phi) is 6.81. The van der Waals surface area contributed by atoms with E-state index in [0.717, 1.165) is 41.2 Å². The lowest BCUT2D eigenvalue weighted by molar-refractivity contribution is -0.113. The van der Waals surface area contributed by atoms with E-state index in [1.807, 2.05) is 47.9 Å². The molecule has 1 N–H and O–H groups in total. The summed E-state index contributed by atoms with van der Waals surface area (Å²) >= 11 is 1.37. The number of aromatic nitrogens is 4. The van der Waals surface area contributed by atoms with Crippen molar-refractivity contribution in [2.75, 3.05) is 29.1 Å². The minimum Gasteiger partial charge on any atom is -0.372 e. The number of nitrogens with zero attached hydrogens (tertiary/aromatic N) is 5. The van der Waals surface area contributed by atoms with Crippen molar-refractivity contribution in [2.45, 2.75) is 31.8 Å². The fourth-order valence-corrected chi connectivity index (χ4v) is 5.10. The normalized spacial score (nSPS) is 13.3. The number of pyridine rings is 1.